The second kappa shape index (κ2) is 8.44. The molecule has 0 aliphatic carbocycles. The largest absolute Gasteiger partial charge is 0.337 e. The third kappa shape index (κ3) is 5.20. The standard InChI is InChI=1S/C20H22N4O4S/c1-15-8-7-9-16(12-15)20-21-18(28-22-20)13-23(2)19(25)14-24(29(3,26)27)17-10-5-4-6-11-17/h4-12H,13-14H2,1-3H3. The summed E-state index contributed by atoms with van der Waals surface area (Å²) in [5.41, 5.74) is 2.32. The minimum atomic E-state index is -3.62. The first-order valence-corrected chi connectivity index (χ1v) is 10.8. The van der Waals surface area contributed by atoms with Gasteiger partial charge in [-0.3, -0.25) is 9.10 Å². The van der Waals surface area contributed by atoms with Crippen molar-refractivity contribution >= 4 is 21.6 Å². The Morgan fingerprint density at radius 3 is 2.48 bits per heavy atom. The Hall–Kier alpha value is -3.20. The van der Waals surface area contributed by atoms with Gasteiger partial charge in [-0.15, -0.1) is 0 Å². The maximum absolute atomic E-state index is 12.6. The SMILES string of the molecule is Cc1cccc(-c2noc(CN(C)C(=O)CN(c3ccccc3)S(C)(=O)=O)n2)c1. The predicted octanol–water partition coefficient (Wildman–Crippen LogP) is 2.47. The van der Waals surface area contributed by atoms with Gasteiger partial charge in [0, 0.05) is 12.6 Å². The molecule has 0 atom stereocenters. The summed E-state index contributed by atoms with van der Waals surface area (Å²) >= 11 is 0. The molecule has 3 aromatic rings. The molecule has 1 heterocycles. The summed E-state index contributed by atoms with van der Waals surface area (Å²) in [5, 5.41) is 3.96. The van der Waals surface area contributed by atoms with E-state index in [9.17, 15) is 13.2 Å². The summed E-state index contributed by atoms with van der Waals surface area (Å²) in [6.07, 6.45) is 1.07. The Bertz CT molecular complexity index is 1100. The lowest BCUT2D eigenvalue weighted by Gasteiger charge is -2.24. The Balaban J connectivity index is 1.70. The lowest BCUT2D eigenvalue weighted by molar-refractivity contribution is -0.129. The molecular formula is C20H22N4O4S. The number of sulfonamides is 1. The number of hydrogen-bond donors (Lipinski definition) is 0. The molecule has 8 nitrogen and oxygen atoms in total. The van der Waals surface area contributed by atoms with E-state index in [4.69, 9.17) is 4.52 Å². The van der Waals surface area contributed by atoms with Crippen LogP contribution in [0.3, 0.4) is 0 Å². The molecule has 0 radical (unpaired) electrons. The van der Waals surface area contributed by atoms with Gasteiger partial charge in [-0.25, -0.2) is 8.42 Å². The first-order chi connectivity index (χ1) is 13.7. The Kier molecular flexibility index (Phi) is 5.97. The molecule has 29 heavy (non-hydrogen) atoms. The molecule has 9 heteroatoms. The van der Waals surface area contributed by atoms with Crippen molar-refractivity contribution in [2.24, 2.45) is 0 Å². The van der Waals surface area contributed by atoms with E-state index in [0.717, 1.165) is 21.7 Å². The van der Waals surface area contributed by atoms with Crippen molar-refractivity contribution in [3.05, 3.63) is 66.1 Å². The number of para-hydroxylation sites is 1. The van der Waals surface area contributed by atoms with Crippen LogP contribution in [0.15, 0.2) is 59.1 Å². The lowest BCUT2D eigenvalue weighted by atomic mass is 10.1. The van der Waals surface area contributed by atoms with Crippen molar-refractivity contribution in [1.29, 1.82) is 0 Å². The van der Waals surface area contributed by atoms with Gasteiger partial charge >= 0.3 is 0 Å². The highest BCUT2D eigenvalue weighted by molar-refractivity contribution is 7.92. The Morgan fingerprint density at radius 1 is 1.10 bits per heavy atom. The van der Waals surface area contributed by atoms with Crippen LogP contribution in [-0.2, 0) is 21.4 Å². The number of carbonyl (C=O) groups is 1. The second-order valence-corrected chi connectivity index (χ2v) is 8.64. The molecule has 0 aliphatic rings. The lowest BCUT2D eigenvalue weighted by Crippen LogP contribution is -2.41. The molecule has 0 aliphatic heterocycles. The fraction of sp³-hybridized carbons (Fsp3) is 0.250. The maximum atomic E-state index is 12.6. The molecular weight excluding hydrogens is 392 g/mol. The monoisotopic (exact) mass is 414 g/mol. The van der Waals surface area contributed by atoms with Crippen LogP contribution < -0.4 is 4.31 Å². The summed E-state index contributed by atoms with van der Waals surface area (Å²) in [6.45, 7) is 1.72. The Labute approximate surface area is 169 Å². The number of hydrogen-bond acceptors (Lipinski definition) is 6. The number of rotatable bonds is 7. The molecule has 0 fully saturated rings. The van der Waals surface area contributed by atoms with Crippen LogP contribution in [0.5, 0.6) is 0 Å². The molecule has 0 saturated carbocycles. The van der Waals surface area contributed by atoms with Crippen LogP contribution >= 0.6 is 0 Å². The summed E-state index contributed by atoms with van der Waals surface area (Å²) in [5.74, 6) is 0.309. The van der Waals surface area contributed by atoms with Crippen LogP contribution in [0.4, 0.5) is 5.69 Å². The van der Waals surface area contributed by atoms with Crippen molar-refractivity contribution in [2.75, 3.05) is 24.2 Å². The fourth-order valence-electron chi connectivity index (χ4n) is 2.75. The molecule has 2 aromatic carbocycles. The van der Waals surface area contributed by atoms with Crippen molar-refractivity contribution in [1.82, 2.24) is 15.0 Å². The zero-order valence-electron chi connectivity index (χ0n) is 16.4. The molecule has 1 amide bonds. The van der Waals surface area contributed by atoms with Gasteiger partial charge in [-0.2, -0.15) is 4.98 Å². The molecule has 3 rings (SSSR count). The van der Waals surface area contributed by atoms with Gasteiger partial charge in [0.1, 0.15) is 6.54 Å². The minimum absolute atomic E-state index is 0.0735. The first kappa shape index (κ1) is 20.5. The summed E-state index contributed by atoms with van der Waals surface area (Å²) in [7, 11) is -2.06. The van der Waals surface area contributed by atoms with E-state index in [0.29, 0.717) is 11.5 Å². The van der Waals surface area contributed by atoms with E-state index < -0.39 is 15.9 Å². The van der Waals surface area contributed by atoms with Crippen LogP contribution in [0.2, 0.25) is 0 Å². The van der Waals surface area contributed by atoms with E-state index >= 15 is 0 Å². The summed E-state index contributed by atoms with van der Waals surface area (Å²) in [6, 6.07) is 16.2. The predicted molar refractivity (Wildman–Crippen MR) is 110 cm³/mol. The smallest absolute Gasteiger partial charge is 0.246 e. The molecule has 0 N–H and O–H groups in total. The molecule has 152 valence electrons. The van der Waals surface area contributed by atoms with Gasteiger partial charge in [-0.1, -0.05) is 47.1 Å². The number of nitrogens with zero attached hydrogens (tertiary/aromatic N) is 4. The maximum Gasteiger partial charge on any atom is 0.246 e. The van der Waals surface area contributed by atoms with E-state index in [1.54, 1.807) is 37.4 Å². The van der Waals surface area contributed by atoms with E-state index in [-0.39, 0.29) is 19.0 Å². The third-order valence-electron chi connectivity index (χ3n) is 4.27. The zero-order valence-corrected chi connectivity index (χ0v) is 17.3. The number of anilines is 1. The van der Waals surface area contributed by atoms with Crippen molar-refractivity contribution in [3.63, 3.8) is 0 Å². The zero-order chi connectivity index (χ0) is 21.0. The van der Waals surface area contributed by atoms with Gasteiger partial charge in [0.2, 0.25) is 27.6 Å². The van der Waals surface area contributed by atoms with E-state index in [1.165, 1.54) is 4.90 Å². The number of carbonyl (C=O) groups excluding carboxylic acids is 1. The van der Waals surface area contributed by atoms with Gasteiger partial charge in [0.05, 0.1) is 18.5 Å². The van der Waals surface area contributed by atoms with Crippen molar-refractivity contribution in [3.8, 4) is 11.4 Å². The topological polar surface area (TPSA) is 96.6 Å². The molecule has 0 unspecified atom stereocenters. The normalized spacial score (nSPS) is 11.3. The number of aryl methyl sites for hydroxylation is 1. The molecule has 1 aromatic heterocycles. The molecule has 0 bridgehead atoms. The third-order valence-corrected chi connectivity index (χ3v) is 5.41. The highest BCUT2D eigenvalue weighted by atomic mass is 32.2. The number of aromatic nitrogens is 2. The first-order valence-electron chi connectivity index (χ1n) is 8.90. The van der Waals surface area contributed by atoms with Gasteiger partial charge in [0.25, 0.3) is 0 Å². The van der Waals surface area contributed by atoms with Crippen molar-refractivity contribution in [2.45, 2.75) is 13.5 Å². The van der Waals surface area contributed by atoms with Gasteiger partial charge in [0.15, 0.2) is 0 Å². The van der Waals surface area contributed by atoms with Crippen LogP contribution in [-0.4, -0.2) is 49.2 Å². The van der Waals surface area contributed by atoms with Gasteiger partial charge < -0.3 is 9.42 Å². The van der Waals surface area contributed by atoms with Crippen LogP contribution in [0.25, 0.3) is 11.4 Å². The second-order valence-electron chi connectivity index (χ2n) is 6.74. The van der Waals surface area contributed by atoms with Gasteiger partial charge in [-0.05, 0) is 25.1 Å². The highest BCUT2D eigenvalue weighted by Crippen LogP contribution is 2.19. The average molecular weight is 414 g/mol. The number of amides is 1. The Morgan fingerprint density at radius 2 is 1.83 bits per heavy atom. The van der Waals surface area contributed by atoms with Crippen molar-refractivity contribution < 1.29 is 17.7 Å². The number of benzene rings is 2. The minimum Gasteiger partial charge on any atom is -0.337 e. The van der Waals surface area contributed by atoms with E-state index in [1.807, 2.05) is 31.2 Å². The number of likely N-dealkylation sites (N-methyl/N-ethyl adjacent to an activating group) is 1. The summed E-state index contributed by atoms with van der Waals surface area (Å²) < 4.78 is 30.6. The van der Waals surface area contributed by atoms with E-state index in [2.05, 4.69) is 10.1 Å². The molecule has 0 spiro atoms. The fourth-order valence-corrected chi connectivity index (χ4v) is 3.60. The average Bonchev–Trinajstić information content (AvgIpc) is 3.14. The highest BCUT2D eigenvalue weighted by Gasteiger charge is 2.23. The summed E-state index contributed by atoms with van der Waals surface area (Å²) in [4.78, 5) is 18.3. The molecule has 0 saturated heterocycles. The quantitative estimate of drug-likeness (QED) is 0.589. The van der Waals surface area contributed by atoms with Crippen LogP contribution in [0, 0.1) is 6.92 Å². The van der Waals surface area contributed by atoms with Crippen LogP contribution in [0.1, 0.15) is 11.5 Å².